The number of nitrogens with one attached hydrogen (secondary N) is 2. The van der Waals surface area contributed by atoms with Crippen molar-refractivity contribution in [3.05, 3.63) is 63.3 Å². The zero-order chi connectivity index (χ0) is 19.4. The zero-order valence-electron chi connectivity index (χ0n) is 14.9. The van der Waals surface area contributed by atoms with Crippen LogP contribution in [0.2, 0.25) is 0 Å². The summed E-state index contributed by atoms with van der Waals surface area (Å²) in [6.07, 6.45) is 3.73. The van der Waals surface area contributed by atoms with E-state index >= 15 is 0 Å². The largest absolute Gasteiger partial charge is 0.329 e. The molecule has 0 spiro atoms. The number of H-pyrrole nitrogens is 1. The van der Waals surface area contributed by atoms with E-state index in [2.05, 4.69) is 15.3 Å². The van der Waals surface area contributed by atoms with E-state index in [1.807, 2.05) is 37.3 Å². The van der Waals surface area contributed by atoms with Gasteiger partial charge in [0.05, 0.1) is 5.75 Å². The Labute approximate surface area is 158 Å². The topological polar surface area (TPSA) is 102 Å². The van der Waals surface area contributed by atoms with Crippen molar-refractivity contribution in [2.75, 3.05) is 11.1 Å². The number of anilines is 1. The van der Waals surface area contributed by atoms with Gasteiger partial charge in [-0.05, 0) is 19.1 Å². The van der Waals surface area contributed by atoms with E-state index in [0.29, 0.717) is 28.6 Å². The van der Waals surface area contributed by atoms with Crippen LogP contribution in [-0.4, -0.2) is 30.8 Å². The number of amides is 1. The molecule has 140 valence electrons. The van der Waals surface area contributed by atoms with E-state index in [0.717, 1.165) is 0 Å². The highest BCUT2D eigenvalue weighted by Gasteiger charge is 2.18. The zero-order valence-corrected chi connectivity index (χ0v) is 15.7. The molecule has 0 aliphatic heterocycles. The second kappa shape index (κ2) is 8.09. The summed E-state index contributed by atoms with van der Waals surface area (Å²) >= 11 is 1.21. The second-order valence-corrected chi connectivity index (χ2v) is 6.71. The summed E-state index contributed by atoms with van der Waals surface area (Å²) in [5, 5.41) is 3.30. The number of aromatic nitrogens is 4. The van der Waals surface area contributed by atoms with Crippen LogP contribution in [0, 0.1) is 0 Å². The molecule has 8 nitrogen and oxygen atoms in total. The van der Waals surface area contributed by atoms with Gasteiger partial charge in [0.2, 0.25) is 5.91 Å². The Morgan fingerprint density at radius 1 is 1.30 bits per heavy atom. The van der Waals surface area contributed by atoms with Crippen molar-refractivity contribution >= 4 is 34.5 Å². The van der Waals surface area contributed by atoms with E-state index < -0.39 is 11.2 Å². The molecule has 3 rings (SSSR count). The molecule has 0 aliphatic carbocycles. The maximum Gasteiger partial charge on any atom is 0.329 e. The van der Waals surface area contributed by atoms with Gasteiger partial charge >= 0.3 is 5.69 Å². The lowest BCUT2D eigenvalue weighted by atomic mass is 10.3. The van der Waals surface area contributed by atoms with Gasteiger partial charge in [0, 0.05) is 19.3 Å². The monoisotopic (exact) mass is 385 g/mol. The van der Waals surface area contributed by atoms with Gasteiger partial charge < -0.3 is 9.88 Å². The van der Waals surface area contributed by atoms with E-state index in [9.17, 15) is 14.4 Å². The fourth-order valence-electron chi connectivity index (χ4n) is 2.55. The van der Waals surface area contributed by atoms with Crippen LogP contribution in [0.3, 0.4) is 0 Å². The molecule has 0 bridgehead atoms. The molecule has 0 unspecified atom stereocenters. The molecular formula is C18H19N5O3S. The van der Waals surface area contributed by atoms with Gasteiger partial charge in [0.25, 0.3) is 5.56 Å². The molecular weight excluding hydrogens is 366 g/mol. The Morgan fingerprint density at radius 2 is 2.04 bits per heavy atom. The molecule has 0 saturated heterocycles. The first-order chi connectivity index (χ1) is 13.0. The number of hydrogen-bond acceptors (Lipinski definition) is 5. The Balaban J connectivity index is 1.90. The van der Waals surface area contributed by atoms with Crippen molar-refractivity contribution in [1.82, 2.24) is 19.1 Å². The standard InChI is InChI=1S/C18H19N5O3S/c1-3-4-10-23-14-15(22(2)17(26)21-16(14)25)20-18(23)27-11-13(24)19-12-8-6-5-7-9-12/h3-9H,10-11H2,1-2H3,(H,19,24)(H,21,25,26)/b4-3+. The van der Waals surface area contributed by atoms with E-state index in [1.54, 1.807) is 23.7 Å². The number of benzene rings is 1. The number of rotatable bonds is 6. The first kappa shape index (κ1) is 18.7. The highest BCUT2D eigenvalue weighted by molar-refractivity contribution is 7.99. The maximum absolute atomic E-state index is 12.3. The number of carbonyl (C=O) groups excluding carboxylic acids is 1. The van der Waals surface area contributed by atoms with Crippen LogP contribution < -0.4 is 16.6 Å². The number of nitrogens with zero attached hydrogens (tertiary/aromatic N) is 3. The van der Waals surface area contributed by atoms with Crippen molar-refractivity contribution in [3.8, 4) is 0 Å². The maximum atomic E-state index is 12.3. The van der Waals surface area contributed by atoms with Crippen LogP contribution >= 0.6 is 11.8 Å². The number of aryl methyl sites for hydroxylation is 1. The van der Waals surface area contributed by atoms with Gasteiger partial charge in [-0.2, -0.15) is 0 Å². The number of imidazole rings is 1. The third kappa shape index (κ3) is 4.03. The van der Waals surface area contributed by atoms with Crippen molar-refractivity contribution < 1.29 is 4.79 Å². The predicted molar refractivity (Wildman–Crippen MR) is 106 cm³/mol. The van der Waals surface area contributed by atoms with Crippen LogP contribution in [0.1, 0.15) is 6.92 Å². The van der Waals surface area contributed by atoms with Gasteiger partial charge in [-0.25, -0.2) is 9.78 Å². The summed E-state index contributed by atoms with van der Waals surface area (Å²) in [6.45, 7) is 2.29. The number of thioether (sulfide) groups is 1. The summed E-state index contributed by atoms with van der Waals surface area (Å²) < 4.78 is 2.99. The first-order valence-electron chi connectivity index (χ1n) is 8.29. The minimum atomic E-state index is -0.526. The highest BCUT2D eigenvalue weighted by atomic mass is 32.2. The summed E-state index contributed by atoms with van der Waals surface area (Å²) in [7, 11) is 1.55. The summed E-state index contributed by atoms with van der Waals surface area (Å²) in [6, 6.07) is 9.16. The molecule has 3 aromatic rings. The lowest BCUT2D eigenvalue weighted by molar-refractivity contribution is -0.113. The third-order valence-corrected chi connectivity index (χ3v) is 4.86. The molecule has 0 fully saturated rings. The first-order valence-corrected chi connectivity index (χ1v) is 9.28. The number of hydrogen-bond donors (Lipinski definition) is 2. The molecule has 1 aromatic carbocycles. The highest BCUT2D eigenvalue weighted by Crippen LogP contribution is 2.22. The van der Waals surface area contributed by atoms with Gasteiger partial charge in [-0.15, -0.1) is 0 Å². The van der Waals surface area contributed by atoms with Crippen molar-refractivity contribution in [2.45, 2.75) is 18.6 Å². The molecule has 0 atom stereocenters. The van der Waals surface area contributed by atoms with Gasteiger partial charge in [-0.3, -0.25) is 19.1 Å². The van der Waals surface area contributed by atoms with Crippen molar-refractivity contribution in [1.29, 1.82) is 0 Å². The lowest BCUT2D eigenvalue weighted by Crippen LogP contribution is -2.29. The Kier molecular flexibility index (Phi) is 5.60. The average molecular weight is 385 g/mol. The van der Waals surface area contributed by atoms with Crippen molar-refractivity contribution in [3.63, 3.8) is 0 Å². The summed E-state index contributed by atoms with van der Waals surface area (Å²) in [5.41, 5.74) is 0.289. The molecule has 27 heavy (non-hydrogen) atoms. The van der Waals surface area contributed by atoms with Crippen LogP contribution in [-0.2, 0) is 18.4 Å². The van der Waals surface area contributed by atoms with E-state index in [4.69, 9.17) is 0 Å². The number of aromatic amines is 1. The minimum Gasteiger partial charge on any atom is -0.325 e. The lowest BCUT2D eigenvalue weighted by Gasteiger charge is -2.06. The van der Waals surface area contributed by atoms with Crippen molar-refractivity contribution in [2.24, 2.45) is 7.05 Å². The van der Waals surface area contributed by atoms with Crippen LogP contribution in [0.25, 0.3) is 11.2 Å². The quantitative estimate of drug-likeness (QED) is 0.497. The fraction of sp³-hybridized carbons (Fsp3) is 0.222. The fourth-order valence-corrected chi connectivity index (χ4v) is 3.36. The average Bonchev–Trinajstić information content (AvgIpc) is 3.03. The Morgan fingerprint density at radius 3 is 2.74 bits per heavy atom. The van der Waals surface area contributed by atoms with Crippen LogP contribution in [0.4, 0.5) is 5.69 Å². The predicted octanol–water partition coefficient (Wildman–Crippen LogP) is 1.73. The summed E-state index contributed by atoms with van der Waals surface area (Å²) in [4.78, 5) is 43.0. The number of para-hydroxylation sites is 1. The molecule has 9 heteroatoms. The van der Waals surface area contributed by atoms with Crippen LogP contribution in [0.15, 0.2) is 57.2 Å². The van der Waals surface area contributed by atoms with Gasteiger partial charge in [0.15, 0.2) is 16.3 Å². The Bertz CT molecular complexity index is 1110. The summed E-state index contributed by atoms with van der Waals surface area (Å²) in [5.74, 6) is -0.0569. The number of fused-ring (bicyclic) bond motifs is 1. The molecule has 0 saturated carbocycles. The second-order valence-electron chi connectivity index (χ2n) is 5.77. The SMILES string of the molecule is C/C=C/Cn1c(SCC(=O)Nc2ccccc2)nc2c1c(=O)[nH]c(=O)n2C. The number of allylic oxidation sites excluding steroid dienone is 2. The smallest absolute Gasteiger partial charge is 0.325 e. The van der Waals surface area contributed by atoms with E-state index in [-0.39, 0.29) is 11.7 Å². The van der Waals surface area contributed by atoms with Crippen LogP contribution in [0.5, 0.6) is 0 Å². The molecule has 2 aromatic heterocycles. The third-order valence-electron chi connectivity index (χ3n) is 3.89. The van der Waals surface area contributed by atoms with E-state index in [1.165, 1.54) is 16.3 Å². The minimum absolute atomic E-state index is 0.125. The normalized spacial score (nSPS) is 11.3. The number of carbonyl (C=O) groups is 1. The molecule has 2 heterocycles. The van der Waals surface area contributed by atoms with Gasteiger partial charge in [-0.1, -0.05) is 42.1 Å². The molecule has 2 N–H and O–H groups in total. The van der Waals surface area contributed by atoms with Gasteiger partial charge in [0.1, 0.15) is 0 Å². The molecule has 0 radical (unpaired) electrons. The Hall–Kier alpha value is -3.07. The molecule has 0 aliphatic rings. The molecule has 1 amide bonds.